The van der Waals surface area contributed by atoms with Crippen LogP contribution in [-0.4, -0.2) is 44.2 Å². The Hall–Kier alpha value is -2.08. The third-order valence-electron chi connectivity index (χ3n) is 4.83. The number of carbonyl (C=O) groups is 1. The highest BCUT2D eigenvalue weighted by molar-refractivity contribution is 7.21. The molecule has 6 heteroatoms. The predicted octanol–water partition coefficient (Wildman–Crippen LogP) is 4.66. The first-order valence-electron chi connectivity index (χ1n) is 8.98. The third kappa shape index (κ3) is 3.68. The average Bonchev–Trinajstić information content (AvgIpc) is 3.05. The van der Waals surface area contributed by atoms with E-state index >= 15 is 0 Å². The number of anilines is 1. The summed E-state index contributed by atoms with van der Waals surface area (Å²) >= 11 is 7.95. The lowest BCUT2D eigenvalue weighted by Crippen LogP contribution is -2.37. The van der Waals surface area contributed by atoms with E-state index in [0.717, 1.165) is 42.0 Å². The summed E-state index contributed by atoms with van der Waals surface area (Å²) in [6.45, 7) is 3.76. The van der Waals surface area contributed by atoms with Crippen LogP contribution in [0.2, 0.25) is 5.02 Å². The number of halogens is 1. The van der Waals surface area contributed by atoms with Crippen molar-refractivity contribution >= 4 is 44.6 Å². The molecule has 0 radical (unpaired) electrons. The Balaban J connectivity index is 1.57. The van der Waals surface area contributed by atoms with Gasteiger partial charge in [-0.3, -0.25) is 4.79 Å². The van der Waals surface area contributed by atoms with Crippen LogP contribution in [0.3, 0.4) is 0 Å². The van der Waals surface area contributed by atoms with Crippen molar-refractivity contribution in [3.63, 3.8) is 0 Å². The molecule has 3 aromatic rings. The second kappa shape index (κ2) is 7.89. The number of morpholine rings is 1. The van der Waals surface area contributed by atoms with Gasteiger partial charge in [-0.2, -0.15) is 0 Å². The average molecular weight is 401 g/mol. The quantitative estimate of drug-likeness (QED) is 0.638. The monoisotopic (exact) mass is 400 g/mol. The van der Waals surface area contributed by atoms with E-state index in [1.807, 2.05) is 43.4 Å². The summed E-state index contributed by atoms with van der Waals surface area (Å²) in [6.07, 6.45) is 0. The zero-order valence-electron chi connectivity index (χ0n) is 15.2. The summed E-state index contributed by atoms with van der Waals surface area (Å²) in [4.78, 5) is 17.7. The molecule has 0 bridgehead atoms. The van der Waals surface area contributed by atoms with Crippen molar-refractivity contribution in [1.82, 2.24) is 4.90 Å². The molecule has 1 saturated heterocycles. The van der Waals surface area contributed by atoms with E-state index in [0.29, 0.717) is 16.4 Å². The molecule has 0 N–H and O–H groups in total. The Kier molecular flexibility index (Phi) is 5.34. The molecule has 1 aliphatic rings. The second-order valence-corrected chi connectivity index (χ2v) is 8.06. The van der Waals surface area contributed by atoms with Gasteiger partial charge in [0.05, 0.1) is 18.2 Å². The fourth-order valence-corrected chi connectivity index (χ4v) is 4.92. The number of nitrogens with zero attached hydrogens (tertiary/aromatic N) is 2. The fraction of sp³-hybridized carbons (Fsp3) is 0.286. The summed E-state index contributed by atoms with van der Waals surface area (Å²) in [6, 6.07) is 16.1. The SMILES string of the molecule is CN(Cc1ccccc1N1CCOCC1)C(=O)c1sc2ccccc2c1Cl. The number of hydrogen-bond acceptors (Lipinski definition) is 4. The van der Waals surface area contributed by atoms with Crippen LogP contribution in [0.5, 0.6) is 0 Å². The first-order chi connectivity index (χ1) is 13.1. The Labute approximate surface area is 167 Å². The lowest BCUT2D eigenvalue weighted by molar-refractivity contribution is 0.0790. The van der Waals surface area contributed by atoms with Crippen molar-refractivity contribution in [2.75, 3.05) is 38.3 Å². The minimum atomic E-state index is -0.0435. The topological polar surface area (TPSA) is 32.8 Å². The minimum Gasteiger partial charge on any atom is -0.378 e. The lowest BCUT2D eigenvalue weighted by atomic mass is 10.1. The molecule has 0 atom stereocenters. The molecule has 0 saturated carbocycles. The Bertz CT molecular complexity index is 966. The zero-order valence-corrected chi connectivity index (χ0v) is 16.7. The summed E-state index contributed by atoms with van der Waals surface area (Å²) in [5.41, 5.74) is 2.30. The number of fused-ring (bicyclic) bond motifs is 1. The van der Waals surface area contributed by atoms with Crippen LogP contribution in [0.4, 0.5) is 5.69 Å². The van der Waals surface area contributed by atoms with Crippen molar-refractivity contribution in [1.29, 1.82) is 0 Å². The van der Waals surface area contributed by atoms with Gasteiger partial charge in [0.15, 0.2) is 0 Å². The van der Waals surface area contributed by atoms with E-state index < -0.39 is 0 Å². The highest BCUT2D eigenvalue weighted by atomic mass is 35.5. The molecule has 4 rings (SSSR count). The molecular formula is C21H21ClN2O2S. The van der Waals surface area contributed by atoms with Gasteiger partial charge in [0.2, 0.25) is 0 Å². The number of amides is 1. The van der Waals surface area contributed by atoms with E-state index in [4.69, 9.17) is 16.3 Å². The maximum atomic E-state index is 13.0. The minimum absolute atomic E-state index is 0.0435. The number of rotatable bonds is 4. The van der Waals surface area contributed by atoms with Gasteiger partial charge >= 0.3 is 0 Å². The van der Waals surface area contributed by atoms with E-state index in [9.17, 15) is 4.79 Å². The summed E-state index contributed by atoms with van der Waals surface area (Å²) in [5, 5.41) is 1.49. The van der Waals surface area contributed by atoms with E-state index in [1.165, 1.54) is 17.0 Å². The van der Waals surface area contributed by atoms with Crippen LogP contribution < -0.4 is 4.90 Å². The largest absolute Gasteiger partial charge is 0.378 e. The van der Waals surface area contributed by atoms with E-state index in [-0.39, 0.29) is 5.91 Å². The maximum Gasteiger partial charge on any atom is 0.265 e. The molecule has 1 amide bonds. The van der Waals surface area contributed by atoms with Gasteiger partial charge in [-0.25, -0.2) is 0 Å². The number of para-hydroxylation sites is 1. The number of ether oxygens (including phenoxy) is 1. The molecule has 27 heavy (non-hydrogen) atoms. The molecule has 4 nitrogen and oxygen atoms in total. The molecule has 2 aromatic carbocycles. The van der Waals surface area contributed by atoms with Gasteiger partial charge < -0.3 is 14.5 Å². The predicted molar refractivity (Wildman–Crippen MR) is 112 cm³/mol. The van der Waals surface area contributed by atoms with Crippen molar-refractivity contribution < 1.29 is 9.53 Å². The van der Waals surface area contributed by atoms with Gasteiger partial charge in [-0.1, -0.05) is 48.0 Å². The van der Waals surface area contributed by atoms with Crippen molar-refractivity contribution in [3.8, 4) is 0 Å². The maximum absolute atomic E-state index is 13.0. The van der Waals surface area contributed by atoms with Gasteiger partial charge in [-0.05, 0) is 17.7 Å². The first kappa shape index (κ1) is 18.3. The van der Waals surface area contributed by atoms with Crippen molar-refractivity contribution in [2.24, 2.45) is 0 Å². The lowest BCUT2D eigenvalue weighted by Gasteiger charge is -2.31. The van der Waals surface area contributed by atoms with Crippen LogP contribution >= 0.6 is 22.9 Å². The molecule has 140 valence electrons. The molecule has 0 aliphatic carbocycles. The highest BCUT2D eigenvalue weighted by Crippen LogP contribution is 2.36. The van der Waals surface area contributed by atoms with Gasteiger partial charge in [0.25, 0.3) is 5.91 Å². The van der Waals surface area contributed by atoms with Crippen LogP contribution in [0, 0.1) is 0 Å². The molecular weight excluding hydrogens is 380 g/mol. The van der Waals surface area contributed by atoms with Gasteiger partial charge in [0.1, 0.15) is 4.88 Å². The number of benzene rings is 2. The standard InChI is InChI=1S/C21H21ClN2O2S/c1-23(21(25)20-19(22)16-7-3-5-9-18(16)27-20)14-15-6-2-4-8-17(15)24-10-12-26-13-11-24/h2-9H,10-14H2,1H3. The van der Waals surface area contributed by atoms with Gasteiger partial charge in [-0.15, -0.1) is 11.3 Å². The summed E-state index contributed by atoms with van der Waals surface area (Å²) in [7, 11) is 1.83. The van der Waals surface area contributed by atoms with Crippen molar-refractivity contribution in [2.45, 2.75) is 6.54 Å². The molecule has 1 aromatic heterocycles. The normalized spacial score (nSPS) is 14.5. The van der Waals surface area contributed by atoms with Crippen LogP contribution in [0.15, 0.2) is 48.5 Å². The van der Waals surface area contributed by atoms with Crippen molar-refractivity contribution in [3.05, 3.63) is 64.0 Å². The molecule has 0 unspecified atom stereocenters. The number of hydrogen-bond donors (Lipinski definition) is 0. The number of thiophene rings is 1. The Morgan fingerprint density at radius 2 is 1.85 bits per heavy atom. The van der Waals surface area contributed by atoms with E-state index in [1.54, 1.807) is 4.90 Å². The van der Waals surface area contributed by atoms with E-state index in [2.05, 4.69) is 17.0 Å². The molecule has 2 heterocycles. The molecule has 1 aliphatic heterocycles. The second-order valence-electron chi connectivity index (χ2n) is 6.63. The first-order valence-corrected chi connectivity index (χ1v) is 10.2. The smallest absolute Gasteiger partial charge is 0.265 e. The Morgan fingerprint density at radius 1 is 1.15 bits per heavy atom. The van der Waals surface area contributed by atoms with Crippen LogP contribution in [0.25, 0.3) is 10.1 Å². The molecule has 1 fully saturated rings. The summed E-state index contributed by atoms with van der Waals surface area (Å²) in [5.74, 6) is -0.0435. The van der Waals surface area contributed by atoms with Crippen LogP contribution in [0.1, 0.15) is 15.2 Å². The van der Waals surface area contributed by atoms with Crippen LogP contribution in [-0.2, 0) is 11.3 Å². The third-order valence-corrected chi connectivity index (χ3v) is 6.49. The fourth-order valence-electron chi connectivity index (χ4n) is 3.41. The zero-order chi connectivity index (χ0) is 18.8. The highest BCUT2D eigenvalue weighted by Gasteiger charge is 2.22. The number of carbonyl (C=O) groups excluding carboxylic acids is 1. The molecule has 0 spiro atoms. The van der Waals surface area contributed by atoms with Gasteiger partial charge in [0, 0.05) is 42.5 Å². The Morgan fingerprint density at radius 3 is 2.63 bits per heavy atom. The summed E-state index contributed by atoms with van der Waals surface area (Å²) < 4.78 is 6.50.